The van der Waals surface area contributed by atoms with Crippen LogP contribution in [-0.4, -0.2) is 37.1 Å². The molecule has 0 unspecified atom stereocenters. The molecular formula is C17H27N3O. The minimum absolute atomic E-state index is 0.104. The summed E-state index contributed by atoms with van der Waals surface area (Å²) in [6.07, 6.45) is 2.04. The van der Waals surface area contributed by atoms with Gasteiger partial charge in [0, 0.05) is 11.7 Å². The molecule has 1 aliphatic rings. The Hall–Kier alpha value is -1.55. The van der Waals surface area contributed by atoms with Gasteiger partial charge in [0.25, 0.3) is 0 Å². The molecule has 2 amide bonds. The molecule has 4 nitrogen and oxygen atoms in total. The van der Waals surface area contributed by atoms with Gasteiger partial charge >= 0.3 is 6.03 Å². The first-order chi connectivity index (χ1) is 9.84. The SMILES string of the molecule is CN1CCC(NC(=O)Nc2ccc(C(C)(C)C)cc2)CC1. The molecule has 0 aromatic heterocycles. The number of nitrogens with zero attached hydrogens (tertiary/aromatic N) is 1. The molecule has 2 N–H and O–H groups in total. The third-order valence-corrected chi connectivity index (χ3v) is 4.06. The molecule has 1 aromatic rings. The second kappa shape index (κ2) is 6.48. The Morgan fingerprint density at radius 3 is 2.24 bits per heavy atom. The normalized spacial score (nSPS) is 17.5. The second-order valence-electron chi connectivity index (χ2n) is 7.00. The van der Waals surface area contributed by atoms with Crippen LogP contribution in [0.3, 0.4) is 0 Å². The average Bonchev–Trinajstić information content (AvgIpc) is 2.41. The lowest BCUT2D eigenvalue weighted by Crippen LogP contribution is -2.44. The maximum atomic E-state index is 12.0. The van der Waals surface area contributed by atoms with Gasteiger partial charge in [0.05, 0.1) is 0 Å². The molecule has 21 heavy (non-hydrogen) atoms. The molecule has 0 aliphatic carbocycles. The second-order valence-corrected chi connectivity index (χ2v) is 7.00. The van der Waals surface area contributed by atoms with E-state index in [0.29, 0.717) is 0 Å². The fourth-order valence-electron chi connectivity index (χ4n) is 2.56. The molecule has 1 fully saturated rings. The number of hydrogen-bond donors (Lipinski definition) is 2. The van der Waals surface area contributed by atoms with Gasteiger partial charge in [0.2, 0.25) is 0 Å². The van der Waals surface area contributed by atoms with Crippen LogP contribution in [0.15, 0.2) is 24.3 Å². The van der Waals surface area contributed by atoms with Crippen molar-refractivity contribution in [2.75, 3.05) is 25.5 Å². The Bertz CT molecular complexity index is 468. The lowest BCUT2D eigenvalue weighted by Gasteiger charge is -2.29. The van der Waals surface area contributed by atoms with Crippen LogP contribution in [0.4, 0.5) is 10.5 Å². The number of likely N-dealkylation sites (tertiary alicyclic amines) is 1. The lowest BCUT2D eigenvalue weighted by atomic mass is 9.87. The molecular weight excluding hydrogens is 262 g/mol. The highest BCUT2D eigenvalue weighted by Gasteiger charge is 2.18. The highest BCUT2D eigenvalue weighted by molar-refractivity contribution is 5.89. The van der Waals surface area contributed by atoms with Gasteiger partial charge < -0.3 is 15.5 Å². The predicted molar refractivity (Wildman–Crippen MR) is 87.8 cm³/mol. The monoisotopic (exact) mass is 289 g/mol. The molecule has 1 heterocycles. The molecule has 0 atom stereocenters. The fourth-order valence-corrected chi connectivity index (χ4v) is 2.56. The maximum absolute atomic E-state index is 12.0. The van der Waals surface area contributed by atoms with E-state index in [1.54, 1.807) is 0 Å². The summed E-state index contributed by atoms with van der Waals surface area (Å²) < 4.78 is 0. The Balaban J connectivity index is 1.85. The number of carbonyl (C=O) groups is 1. The number of rotatable bonds is 2. The number of urea groups is 1. The zero-order valence-electron chi connectivity index (χ0n) is 13.6. The standard InChI is InChI=1S/C17H27N3O/c1-17(2,3)13-5-7-14(8-6-13)18-16(21)19-15-9-11-20(4)12-10-15/h5-8,15H,9-12H2,1-4H3,(H2,18,19,21). The number of hydrogen-bond acceptors (Lipinski definition) is 2. The van der Waals surface area contributed by atoms with Crippen LogP contribution in [0.25, 0.3) is 0 Å². The molecule has 0 radical (unpaired) electrons. The van der Waals surface area contributed by atoms with Crippen molar-refractivity contribution in [1.82, 2.24) is 10.2 Å². The van der Waals surface area contributed by atoms with Crippen LogP contribution in [0.1, 0.15) is 39.2 Å². The quantitative estimate of drug-likeness (QED) is 0.878. The third kappa shape index (κ3) is 4.74. The van der Waals surface area contributed by atoms with Crippen molar-refractivity contribution in [2.24, 2.45) is 0 Å². The van der Waals surface area contributed by atoms with E-state index in [-0.39, 0.29) is 17.5 Å². The van der Waals surface area contributed by atoms with Crippen LogP contribution in [0.5, 0.6) is 0 Å². The van der Waals surface area contributed by atoms with Crippen LogP contribution in [0.2, 0.25) is 0 Å². The fraction of sp³-hybridized carbons (Fsp3) is 0.588. The van der Waals surface area contributed by atoms with Gasteiger partial charge in [-0.25, -0.2) is 4.79 Å². The topological polar surface area (TPSA) is 44.4 Å². The zero-order chi connectivity index (χ0) is 15.5. The van der Waals surface area contributed by atoms with E-state index >= 15 is 0 Å². The number of carbonyl (C=O) groups excluding carboxylic acids is 1. The van der Waals surface area contributed by atoms with Gasteiger partial charge in [-0.15, -0.1) is 0 Å². The number of anilines is 1. The number of piperidine rings is 1. The number of amides is 2. The van der Waals surface area contributed by atoms with Crippen molar-refractivity contribution < 1.29 is 4.79 Å². The van der Waals surface area contributed by atoms with Crippen LogP contribution < -0.4 is 10.6 Å². The molecule has 1 saturated heterocycles. The van der Waals surface area contributed by atoms with Crippen LogP contribution in [-0.2, 0) is 5.41 Å². The molecule has 0 spiro atoms. The Morgan fingerprint density at radius 2 is 1.71 bits per heavy atom. The lowest BCUT2D eigenvalue weighted by molar-refractivity contribution is 0.221. The Morgan fingerprint density at radius 1 is 1.14 bits per heavy atom. The molecule has 1 aliphatic heterocycles. The summed E-state index contributed by atoms with van der Waals surface area (Å²) in [5.74, 6) is 0. The van der Waals surface area contributed by atoms with Crippen molar-refractivity contribution in [3.05, 3.63) is 29.8 Å². The van der Waals surface area contributed by atoms with Crippen molar-refractivity contribution >= 4 is 11.7 Å². The van der Waals surface area contributed by atoms with Crippen molar-refractivity contribution in [2.45, 2.75) is 45.1 Å². The first-order valence-corrected chi connectivity index (χ1v) is 7.71. The van der Waals surface area contributed by atoms with E-state index in [1.807, 2.05) is 12.1 Å². The Kier molecular flexibility index (Phi) is 4.88. The van der Waals surface area contributed by atoms with Crippen LogP contribution >= 0.6 is 0 Å². The molecule has 1 aromatic carbocycles. The minimum Gasteiger partial charge on any atom is -0.335 e. The van der Waals surface area contributed by atoms with E-state index in [2.05, 4.69) is 55.5 Å². The van der Waals surface area contributed by atoms with Crippen molar-refractivity contribution in [3.8, 4) is 0 Å². The van der Waals surface area contributed by atoms with E-state index in [1.165, 1.54) is 5.56 Å². The summed E-state index contributed by atoms with van der Waals surface area (Å²) in [6.45, 7) is 8.64. The first-order valence-electron chi connectivity index (χ1n) is 7.71. The van der Waals surface area contributed by atoms with Gasteiger partial charge in [-0.3, -0.25) is 0 Å². The zero-order valence-corrected chi connectivity index (χ0v) is 13.6. The number of benzene rings is 1. The minimum atomic E-state index is -0.104. The summed E-state index contributed by atoms with van der Waals surface area (Å²) in [4.78, 5) is 14.3. The molecule has 4 heteroatoms. The third-order valence-electron chi connectivity index (χ3n) is 4.06. The number of nitrogens with one attached hydrogen (secondary N) is 2. The van der Waals surface area contributed by atoms with Crippen molar-refractivity contribution in [3.63, 3.8) is 0 Å². The highest BCUT2D eigenvalue weighted by atomic mass is 16.2. The van der Waals surface area contributed by atoms with E-state index in [9.17, 15) is 4.79 Å². The molecule has 116 valence electrons. The van der Waals surface area contributed by atoms with Gasteiger partial charge in [-0.2, -0.15) is 0 Å². The predicted octanol–water partition coefficient (Wildman–Crippen LogP) is 3.20. The van der Waals surface area contributed by atoms with Gasteiger partial charge in [0.1, 0.15) is 0 Å². The Labute approximate surface area is 127 Å². The van der Waals surface area contributed by atoms with Crippen molar-refractivity contribution in [1.29, 1.82) is 0 Å². The van der Waals surface area contributed by atoms with E-state index in [4.69, 9.17) is 0 Å². The summed E-state index contributed by atoms with van der Waals surface area (Å²) in [5, 5.41) is 5.97. The molecule has 0 bridgehead atoms. The largest absolute Gasteiger partial charge is 0.335 e. The molecule has 2 rings (SSSR count). The van der Waals surface area contributed by atoms with Gasteiger partial charge in [0.15, 0.2) is 0 Å². The molecule has 0 saturated carbocycles. The first kappa shape index (κ1) is 15.8. The smallest absolute Gasteiger partial charge is 0.319 e. The van der Waals surface area contributed by atoms with Crippen LogP contribution in [0, 0.1) is 0 Å². The highest BCUT2D eigenvalue weighted by Crippen LogP contribution is 2.23. The van der Waals surface area contributed by atoms with E-state index in [0.717, 1.165) is 31.6 Å². The summed E-state index contributed by atoms with van der Waals surface area (Å²) >= 11 is 0. The summed E-state index contributed by atoms with van der Waals surface area (Å²) in [6, 6.07) is 8.27. The maximum Gasteiger partial charge on any atom is 0.319 e. The van der Waals surface area contributed by atoms with Gasteiger partial charge in [-0.1, -0.05) is 32.9 Å². The summed E-state index contributed by atoms with van der Waals surface area (Å²) in [7, 11) is 2.12. The van der Waals surface area contributed by atoms with Gasteiger partial charge in [-0.05, 0) is 56.1 Å². The van der Waals surface area contributed by atoms with E-state index < -0.39 is 0 Å². The average molecular weight is 289 g/mol. The summed E-state index contributed by atoms with van der Waals surface area (Å²) in [5.41, 5.74) is 2.24.